The van der Waals surface area contributed by atoms with E-state index in [1.807, 2.05) is 45.1 Å². The van der Waals surface area contributed by atoms with Crippen LogP contribution in [0, 0.1) is 6.92 Å². The molecule has 2 aromatic heterocycles. The molecule has 0 aliphatic carbocycles. The summed E-state index contributed by atoms with van der Waals surface area (Å²) in [5.41, 5.74) is 2.61. The zero-order valence-electron chi connectivity index (χ0n) is 18.2. The monoisotopic (exact) mass is 435 g/mol. The highest BCUT2D eigenvalue weighted by molar-refractivity contribution is 5.72. The van der Waals surface area contributed by atoms with E-state index in [9.17, 15) is 18.0 Å². The summed E-state index contributed by atoms with van der Waals surface area (Å²) in [6.07, 6.45) is 5.10. The first kappa shape index (κ1) is 25.9. The summed E-state index contributed by atoms with van der Waals surface area (Å²) in [5.74, 6) is -0.464. The maximum absolute atomic E-state index is 12.3. The van der Waals surface area contributed by atoms with Crippen molar-refractivity contribution < 1.29 is 22.7 Å². The molecule has 1 unspecified atom stereocenters. The Morgan fingerprint density at radius 3 is 2.48 bits per heavy atom. The van der Waals surface area contributed by atoms with Crippen molar-refractivity contribution in [2.24, 2.45) is 0 Å². The number of aromatic nitrogens is 3. The van der Waals surface area contributed by atoms with E-state index in [0.29, 0.717) is 12.0 Å². The molecule has 5 nitrogen and oxygen atoms in total. The van der Waals surface area contributed by atoms with Crippen LogP contribution in [-0.2, 0) is 15.7 Å². The molecular weight excluding hydrogens is 407 g/mol. The smallest absolute Gasteiger partial charge is 0.433 e. The van der Waals surface area contributed by atoms with Crippen LogP contribution in [0.25, 0.3) is 5.57 Å². The molecule has 0 aliphatic rings. The fourth-order valence-electron chi connectivity index (χ4n) is 2.62. The van der Waals surface area contributed by atoms with Gasteiger partial charge in [-0.1, -0.05) is 50.3 Å². The number of H-pyrrole nitrogens is 1. The van der Waals surface area contributed by atoms with Gasteiger partial charge >= 0.3 is 12.1 Å². The largest absolute Gasteiger partial charge is 0.458 e. The Balaban J connectivity index is 0.000000327. The van der Waals surface area contributed by atoms with Gasteiger partial charge < -0.3 is 4.74 Å². The molecule has 0 radical (unpaired) electrons. The van der Waals surface area contributed by atoms with E-state index in [-0.39, 0.29) is 0 Å². The first-order chi connectivity index (χ1) is 14.6. The van der Waals surface area contributed by atoms with Crippen LogP contribution in [0.1, 0.15) is 62.4 Å². The van der Waals surface area contributed by atoms with Crippen LogP contribution >= 0.6 is 0 Å². The molecular formula is C23H28F3N3O2. The van der Waals surface area contributed by atoms with E-state index in [0.717, 1.165) is 35.6 Å². The number of ether oxygens (including phenoxy) is 1. The van der Waals surface area contributed by atoms with E-state index in [1.165, 1.54) is 13.0 Å². The van der Waals surface area contributed by atoms with Gasteiger partial charge in [0.1, 0.15) is 11.8 Å². The van der Waals surface area contributed by atoms with Gasteiger partial charge in [0.2, 0.25) is 0 Å². The number of nitrogens with one attached hydrogen (secondary N) is 1. The van der Waals surface area contributed by atoms with E-state index >= 15 is 0 Å². The third-order valence-corrected chi connectivity index (χ3v) is 3.95. The Morgan fingerprint density at radius 1 is 1.35 bits per heavy atom. The van der Waals surface area contributed by atoms with Crippen molar-refractivity contribution in [2.75, 3.05) is 0 Å². The van der Waals surface area contributed by atoms with Gasteiger partial charge in [0, 0.05) is 30.0 Å². The van der Waals surface area contributed by atoms with Crippen LogP contribution in [0.4, 0.5) is 13.2 Å². The maximum atomic E-state index is 12.3. The van der Waals surface area contributed by atoms with Crippen molar-refractivity contribution in [3.05, 3.63) is 77.9 Å². The minimum Gasteiger partial charge on any atom is -0.458 e. The predicted octanol–water partition coefficient (Wildman–Crippen LogP) is 6.37. The lowest BCUT2D eigenvalue weighted by Crippen LogP contribution is -2.11. The molecule has 31 heavy (non-hydrogen) atoms. The SMILES string of the molecule is C=C/C=C(\C=C/C)c1cc(C)[nH]n1.CCCC(OC(C)=O)c1ccc(C(F)(F)F)nc1. The van der Waals surface area contributed by atoms with Crippen LogP contribution in [0.5, 0.6) is 0 Å². The first-order valence-corrected chi connectivity index (χ1v) is 9.80. The standard InChI is InChI=1S/C12H14F3NO2.C11H14N2/c1-3-4-10(18-8(2)17)9-5-6-11(16-7-9)12(13,14)15;1-4-6-10(7-5-2)11-8-9(3)12-13-11/h5-7,10H,3-4H2,1-2H3;4-8H,1H2,2-3H3,(H,12,13)/b;7-5-,10-6+. The second kappa shape index (κ2) is 12.5. The molecule has 2 heterocycles. The highest BCUT2D eigenvalue weighted by Crippen LogP contribution is 2.29. The Morgan fingerprint density at radius 2 is 2.06 bits per heavy atom. The van der Waals surface area contributed by atoms with Crippen molar-refractivity contribution in [2.45, 2.75) is 52.8 Å². The second-order valence-electron chi connectivity index (χ2n) is 6.66. The normalized spacial score (nSPS) is 12.8. The van der Waals surface area contributed by atoms with Gasteiger partial charge in [-0.05, 0) is 32.4 Å². The van der Waals surface area contributed by atoms with E-state index in [1.54, 1.807) is 6.08 Å². The van der Waals surface area contributed by atoms with Gasteiger partial charge in [-0.3, -0.25) is 14.9 Å². The molecule has 0 spiro atoms. The third kappa shape index (κ3) is 9.02. The number of aryl methyl sites for hydroxylation is 1. The second-order valence-corrected chi connectivity index (χ2v) is 6.66. The Kier molecular flexibility index (Phi) is 10.4. The molecule has 1 N–H and O–H groups in total. The van der Waals surface area contributed by atoms with E-state index < -0.39 is 23.9 Å². The zero-order valence-corrected chi connectivity index (χ0v) is 18.2. The van der Waals surface area contributed by atoms with Crippen molar-refractivity contribution in [1.82, 2.24) is 15.2 Å². The molecule has 0 aliphatic heterocycles. The minimum absolute atomic E-state index is 0.464. The van der Waals surface area contributed by atoms with Gasteiger partial charge in [-0.25, -0.2) is 0 Å². The maximum Gasteiger partial charge on any atom is 0.433 e. The molecule has 0 bridgehead atoms. The number of allylic oxidation sites excluding steroid dienone is 5. The summed E-state index contributed by atoms with van der Waals surface area (Å²) in [6, 6.07) is 4.19. The van der Waals surface area contributed by atoms with Crippen LogP contribution < -0.4 is 0 Å². The fourth-order valence-corrected chi connectivity index (χ4v) is 2.62. The number of carbonyl (C=O) groups is 1. The number of alkyl halides is 3. The van der Waals surface area contributed by atoms with Crippen molar-refractivity contribution >= 4 is 11.5 Å². The lowest BCUT2D eigenvalue weighted by atomic mass is 10.1. The van der Waals surface area contributed by atoms with Crippen molar-refractivity contribution in [1.29, 1.82) is 0 Å². The van der Waals surface area contributed by atoms with Crippen molar-refractivity contribution in [3.63, 3.8) is 0 Å². The Labute approximate surface area is 180 Å². The quantitative estimate of drug-likeness (QED) is 0.405. The van der Waals surface area contributed by atoms with Gasteiger partial charge in [-0.2, -0.15) is 18.3 Å². The summed E-state index contributed by atoms with van der Waals surface area (Å²) < 4.78 is 42.0. The highest BCUT2D eigenvalue weighted by atomic mass is 19.4. The van der Waals surface area contributed by atoms with E-state index in [2.05, 4.69) is 21.8 Å². The molecule has 168 valence electrons. The molecule has 0 saturated carbocycles. The molecule has 0 aromatic carbocycles. The number of nitrogens with zero attached hydrogens (tertiary/aromatic N) is 2. The Bertz CT molecular complexity index is 898. The van der Waals surface area contributed by atoms with Gasteiger partial charge in [0.05, 0.1) is 5.69 Å². The van der Waals surface area contributed by atoms with Gasteiger partial charge in [0.15, 0.2) is 0 Å². The summed E-state index contributed by atoms with van der Waals surface area (Å²) in [7, 11) is 0. The minimum atomic E-state index is -4.46. The average molecular weight is 435 g/mol. The number of carbonyl (C=O) groups excluding carboxylic acids is 1. The van der Waals surface area contributed by atoms with Gasteiger partial charge in [0.25, 0.3) is 0 Å². The third-order valence-electron chi connectivity index (χ3n) is 3.95. The summed E-state index contributed by atoms with van der Waals surface area (Å²) in [5, 5.41) is 7.07. The Hall–Kier alpha value is -3.16. The molecule has 8 heteroatoms. The lowest BCUT2D eigenvalue weighted by Gasteiger charge is -2.16. The summed E-state index contributed by atoms with van der Waals surface area (Å²) >= 11 is 0. The molecule has 0 amide bonds. The number of pyridine rings is 1. The van der Waals surface area contributed by atoms with Crippen LogP contribution in [0.3, 0.4) is 0 Å². The van der Waals surface area contributed by atoms with Gasteiger partial charge in [-0.15, -0.1) is 0 Å². The topological polar surface area (TPSA) is 67.9 Å². The number of hydrogen-bond donors (Lipinski definition) is 1. The average Bonchev–Trinajstić information content (AvgIpc) is 3.13. The highest BCUT2D eigenvalue weighted by Gasteiger charge is 2.32. The zero-order chi connectivity index (χ0) is 23.4. The van der Waals surface area contributed by atoms with Crippen molar-refractivity contribution in [3.8, 4) is 0 Å². The van der Waals surface area contributed by atoms with Crippen LogP contribution in [0.15, 0.2) is 55.3 Å². The molecule has 2 aromatic rings. The molecule has 0 saturated heterocycles. The fraction of sp³-hybridized carbons (Fsp3) is 0.348. The van der Waals surface area contributed by atoms with Crippen LogP contribution in [-0.4, -0.2) is 21.2 Å². The summed E-state index contributed by atoms with van der Waals surface area (Å²) in [6.45, 7) is 10.8. The number of aromatic amines is 1. The molecule has 1 atom stereocenters. The molecule has 0 fully saturated rings. The predicted molar refractivity (Wildman–Crippen MR) is 115 cm³/mol. The molecule has 2 rings (SSSR count). The first-order valence-electron chi connectivity index (χ1n) is 9.80. The number of esters is 1. The van der Waals surface area contributed by atoms with E-state index in [4.69, 9.17) is 4.74 Å². The number of rotatable bonds is 7. The van der Waals surface area contributed by atoms with Crippen LogP contribution in [0.2, 0.25) is 0 Å². The summed E-state index contributed by atoms with van der Waals surface area (Å²) in [4.78, 5) is 14.2. The lowest BCUT2D eigenvalue weighted by molar-refractivity contribution is -0.147. The number of hydrogen-bond acceptors (Lipinski definition) is 4. The number of halogens is 3.